The molecule has 0 aliphatic heterocycles. The van der Waals surface area contributed by atoms with Crippen LogP contribution in [-0.4, -0.2) is 0 Å². The summed E-state index contributed by atoms with van der Waals surface area (Å²) in [5.41, 5.74) is 9.38. The van der Waals surface area contributed by atoms with E-state index in [0.717, 1.165) is 0 Å². The quantitative estimate of drug-likeness (QED) is 0.498. The molecule has 5 heteroatoms. The molecular formula is C7H7F3N2. The first kappa shape index (κ1) is 8.86. The van der Waals surface area contributed by atoms with Crippen molar-refractivity contribution in [2.24, 2.45) is 5.73 Å². The summed E-state index contributed by atoms with van der Waals surface area (Å²) in [7, 11) is 0. The Morgan fingerprint density at radius 2 is 1.75 bits per heavy atom. The van der Waals surface area contributed by atoms with Crippen LogP contribution in [0, 0.1) is 17.5 Å². The molecule has 4 N–H and O–H groups in total. The molecule has 1 rings (SSSR count). The number of nitrogen functional groups attached to an aromatic ring is 1. The minimum atomic E-state index is -1.28. The lowest BCUT2D eigenvalue weighted by molar-refractivity contribution is 0.487. The van der Waals surface area contributed by atoms with Crippen LogP contribution in [0.2, 0.25) is 0 Å². The molecule has 12 heavy (non-hydrogen) atoms. The second kappa shape index (κ2) is 3.02. The lowest BCUT2D eigenvalue weighted by Gasteiger charge is -2.05. The van der Waals surface area contributed by atoms with Crippen LogP contribution in [0.4, 0.5) is 18.9 Å². The molecule has 0 aromatic heterocycles. The van der Waals surface area contributed by atoms with Gasteiger partial charge in [-0.15, -0.1) is 0 Å². The van der Waals surface area contributed by atoms with E-state index in [4.69, 9.17) is 11.5 Å². The van der Waals surface area contributed by atoms with Gasteiger partial charge in [-0.1, -0.05) is 0 Å². The number of halogens is 3. The number of rotatable bonds is 1. The average Bonchev–Trinajstić information content (AvgIpc) is 2.02. The predicted molar refractivity (Wildman–Crippen MR) is 38.6 cm³/mol. The molecule has 0 fully saturated rings. The third kappa shape index (κ3) is 1.23. The highest BCUT2D eigenvalue weighted by molar-refractivity contribution is 5.48. The summed E-state index contributed by atoms with van der Waals surface area (Å²) >= 11 is 0. The average molecular weight is 176 g/mol. The molecule has 66 valence electrons. The van der Waals surface area contributed by atoms with Crippen LogP contribution in [-0.2, 0) is 6.54 Å². The molecule has 0 aliphatic carbocycles. The van der Waals surface area contributed by atoms with Crippen LogP contribution in [0.5, 0.6) is 0 Å². The third-order valence-corrected chi connectivity index (χ3v) is 1.51. The van der Waals surface area contributed by atoms with Crippen molar-refractivity contribution in [2.75, 3.05) is 5.73 Å². The molecule has 0 saturated carbocycles. The predicted octanol–water partition coefficient (Wildman–Crippen LogP) is 1.14. The lowest BCUT2D eigenvalue weighted by atomic mass is 10.1. The number of benzene rings is 1. The van der Waals surface area contributed by atoms with Crippen molar-refractivity contribution in [2.45, 2.75) is 6.54 Å². The fourth-order valence-corrected chi connectivity index (χ4v) is 0.858. The number of anilines is 1. The minimum absolute atomic E-state index is 0.326. The highest BCUT2D eigenvalue weighted by atomic mass is 19.2. The van der Waals surface area contributed by atoms with E-state index in [1.165, 1.54) is 0 Å². The highest BCUT2D eigenvalue weighted by Crippen LogP contribution is 2.21. The lowest BCUT2D eigenvalue weighted by Crippen LogP contribution is -2.08. The molecule has 0 atom stereocenters. The second-order valence-electron chi connectivity index (χ2n) is 2.25. The van der Waals surface area contributed by atoms with Gasteiger partial charge in [0.2, 0.25) is 0 Å². The summed E-state index contributed by atoms with van der Waals surface area (Å²) in [6.07, 6.45) is 0. The van der Waals surface area contributed by atoms with Gasteiger partial charge in [0, 0.05) is 18.2 Å². The first-order valence-electron chi connectivity index (χ1n) is 3.19. The van der Waals surface area contributed by atoms with E-state index in [9.17, 15) is 13.2 Å². The maximum atomic E-state index is 12.7. The van der Waals surface area contributed by atoms with Gasteiger partial charge >= 0.3 is 0 Å². The summed E-state index contributed by atoms with van der Waals surface area (Å²) in [4.78, 5) is 0. The van der Waals surface area contributed by atoms with E-state index in [1.54, 1.807) is 0 Å². The Kier molecular flexibility index (Phi) is 2.23. The van der Waals surface area contributed by atoms with E-state index < -0.39 is 23.1 Å². The first-order valence-corrected chi connectivity index (χ1v) is 3.19. The van der Waals surface area contributed by atoms with E-state index in [1.807, 2.05) is 0 Å². The Hall–Kier alpha value is -1.23. The van der Waals surface area contributed by atoms with Crippen molar-refractivity contribution in [1.29, 1.82) is 0 Å². The fourth-order valence-electron chi connectivity index (χ4n) is 0.858. The Bertz CT molecular complexity index is 286. The van der Waals surface area contributed by atoms with Crippen LogP contribution in [0.15, 0.2) is 6.07 Å². The minimum Gasteiger partial charge on any atom is -0.396 e. The van der Waals surface area contributed by atoms with Crippen molar-refractivity contribution in [3.05, 3.63) is 29.1 Å². The highest BCUT2D eigenvalue weighted by Gasteiger charge is 2.14. The monoisotopic (exact) mass is 176 g/mol. The molecule has 2 nitrogen and oxygen atoms in total. The summed E-state index contributed by atoms with van der Waals surface area (Å²) in [5, 5.41) is 0. The van der Waals surface area contributed by atoms with Gasteiger partial charge in [0.1, 0.15) is 5.82 Å². The molecule has 1 aromatic rings. The van der Waals surface area contributed by atoms with Crippen LogP contribution in [0.25, 0.3) is 0 Å². The summed E-state index contributed by atoms with van der Waals surface area (Å²) < 4.78 is 37.8. The molecule has 0 spiro atoms. The first-order chi connectivity index (χ1) is 5.57. The smallest absolute Gasteiger partial charge is 0.165 e. The van der Waals surface area contributed by atoms with Crippen molar-refractivity contribution < 1.29 is 13.2 Å². The van der Waals surface area contributed by atoms with Gasteiger partial charge in [0.05, 0.1) is 5.69 Å². The van der Waals surface area contributed by atoms with Gasteiger partial charge < -0.3 is 11.5 Å². The molecule has 0 bridgehead atoms. The van der Waals surface area contributed by atoms with Crippen molar-refractivity contribution in [3.8, 4) is 0 Å². The SMILES string of the molecule is NCc1c(N)c(F)cc(F)c1F. The fraction of sp³-hybridized carbons (Fsp3) is 0.143. The summed E-state index contributed by atoms with van der Waals surface area (Å²) in [6, 6.07) is 0.393. The van der Waals surface area contributed by atoms with E-state index in [2.05, 4.69) is 0 Å². The van der Waals surface area contributed by atoms with E-state index in [0.29, 0.717) is 6.07 Å². The maximum absolute atomic E-state index is 12.7. The zero-order valence-electron chi connectivity index (χ0n) is 6.07. The molecule has 1 aromatic carbocycles. The van der Waals surface area contributed by atoms with Gasteiger partial charge in [0.25, 0.3) is 0 Å². The molecule has 0 amide bonds. The second-order valence-corrected chi connectivity index (χ2v) is 2.25. The molecule has 0 heterocycles. The summed E-state index contributed by atoms with van der Waals surface area (Å²) in [5.74, 6) is -3.45. The van der Waals surface area contributed by atoms with Crippen LogP contribution in [0.1, 0.15) is 5.56 Å². The van der Waals surface area contributed by atoms with Gasteiger partial charge in [-0.3, -0.25) is 0 Å². The van der Waals surface area contributed by atoms with E-state index >= 15 is 0 Å². The molecule has 0 radical (unpaired) electrons. The van der Waals surface area contributed by atoms with E-state index in [-0.39, 0.29) is 12.1 Å². The molecule has 0 unspecified atom stereocenters. The van der Waals surface area contributed by atoms with Gasteiger partial charge in [-0.25, -0.2) is 13.2 Å². The Morgan fingerprint density at radius 3 is 2.25 bits per heavy atom. The molecule has 0 saturated heterocycles. The van der Waals surface area contributed by atoms with Crippen molar-refractivity contribution in [1.82, 2.24) is 0 Å². The van der Waals surface area contributed by atoms with Crippen molar-refractivity contribution >= 4 is 5.69 Å². The molecular weight excluding hydrogens is 169 g/mol. The zero-order valence-corrected chi connectivity index (χ0v) is 6.07. The zero-order chi connectivity index (χ0) is 9.30. The van der Waals surface area contributed by atoms with Gasteiger partial charge in [0.15, 0.2) is 11.6 Å². The van der Waals surface area contributed by atoms with Gasteiger partial charge in [-0.05, 0) is 0 Å². The third-order valence-electron chi connectivity index (χ3n) is 1.51. The standard InChI is InChI=1S/C7H7F3N2/c8-4-1-5(9)7(12)3(2-11)6(4)10/h1H,2,11-12H2. The van der Waals surface area contributed by atoms with Gasteiger partial charge in [-0.2, -0.15) is 0 Å². The van der Waals surface area contributed by atoms with Crippen LogP contribution in [0.3, 0.4) is 0 Å². The largest absolute Gasteiger partial charge is 0.396 e. The Balaban J connectivity index is 3.42. The molecule has 0 aliphatic rings. The van der Waals surface area contributed by atoms with Crippen molar-refractivity contribution in [3.63, 3.8) is 0 Å². The Labute approximate surface area is 67.0 Å². The number of hydrogen-bond acceptors (Lipinski definition) is 2. The topological polar surface area (TPSA) is 52.0 Å². The summed E-state index contributed by atoms with van der Waals surface area (Å²) in [6.45, 7) is -0.327. The van der Waals surface area contributed by atoms with Crippen LogP contribution < -0.4 is 11.5 Å². The normalized spacial score (nSPS) is 10.3. The van der Waals surface area contributed by atoms with Crippen LogP contribution >= 0.6 is 0 Å². The Morgan fingerprint density at radius 1 is 1.17 bits per heavy atom. The number of hydrogen-bond donors (Lipinski definition) is 2. The number of nitrogens with two attached hydrogens (primary N) is 2. The maximum Gasteiger partial charge on any atom is 0.165 e.